The average molecular weight is 341 g/mol. The summed E-state index contributed by atoms with van der Waals surface area (Å²) in [5.74, 6) is 0.749. The van der Waals surface area contributed by atoms with E-state index in [1.165, 1.54) is 5.56 Å². The first kappa shape index (κ1) is 16.6. The van der Waals surface area contributed by atoms with Crippen molar-refractivity contribution in [2.24, 2.45) is 5.92 Å². The van der Waals surface area contributed by atoms with Gasteiger partial charge in [0.25, 0.3) is 0 Å². The zero-order valence-corrected chi connectivity index (χ0v) is 15.2. The zero-order chi connectivity index (χ0) is 17.6. The van der Waals surface area contributed by atoms with Gasteiger partial charge in [-0.05, 0) is 50.9 Å². The highest BCUT2D eigenvalue weighted by Gasteiger charge is 2.49. The van der Waals surface area contributed by atoms with E-state index in [9.17, 15) is 9.59 Å². The van der Waals surface area contributed by atoms with Crippen LogP contribution < -0.4 is 0 Å². The highest BCUT2D eigenvalue weighted by molar-refractivity contribution is 5.89. The van der Waals surface area contributed by atoms with Crippen LogP contribution in [0.4, 0.5) is 0 Å². The van der Waals surface area contributed by atoms with E-state index in [1.54, 1.807) is 0 Å². The Bertz CT molecular complexity index is 690. The molecule has 1 aromatic carbocycles. The molecule has 2 aliphatic carbocycles. The van der Waals surface area contributed by atoms with Crippen LogP contribution in [-0.4, -0.2) is 66.8 Å². The standard InChI is InChI=1S/C20H27N3O2/c1-21(2)20(10-9-15-5-3-4-6-17(15)20)19(25)23-13-11-22(12-14-23)18(24)16-7-8-16/h3-6,16H,7-14H2,1-2H3. The van der Waals surface area contributed by atoms with Crippen LogP contribution in [0.2, 0.25) is 0 Å². The van der Waals surface area contributed by atoms with Crippen molar-refractivity contribution < 1.29 is 9.59 Å². The first-order valence-electron chi connectivity index (χ1n) is 9.38. The fourth-order valence-corrected chi connectivity index (χ4v) is 4.45. The lowest BCUT2D eigenvalue weighted by atomic mass is 9.88. The number of carbonyl (C=O) groups is 2. The van der Waals surface area contributed by atoms with Gasteiger partial charge in [0.1, 0.15) is 5.54 Å². The second-order valence-electron chi connectivity index (χ2n) is 7.80. The van der Waals surface area contributed by atoms with Gasteiger partial charge in [-0.25, -0.2) is 0 Å². The predicted molar refractivity (Wildman–Crippen MR) is 96.0 cm³/mol. The van der Waals surface area contributed by atoms with Crippen molar-refractivity contribution in [3.05, 3.63) is 35.4 Å². The number of amides is 2. The molecule has 1 unspecified atom stereocenters. The number of piperazine rings is 1. The first-order chi connectivity index (χ1) is 12.0. The Hall–Kier alpha value is -1.88. The number of carbonyl (C=O) groups excluding carboxylic acids is 2. The van der Waals surface area contributed by atoms with Crippen molar-refractivity contribution in [2.45, 2.75) is 31.2 Å². The second-order valence-corrected chi connectivity index (χ2v) is 7.80. The molecule has 0 bridgehead atoms. The van der Waals surface area contributed by atoms with Crippen LogP contribution in [0.1, 0.15) is 30.4 Å². The number of nitrogens with zero attached hydrogens (tertiary/aromatic N) is 3. The van der Waals surface area contributed by atoms with Gasteiger partial charge < -0.3 is 9.80 Å². The summed E-state index contributed by atoms with van der Waals surface area (Å²) in [7, 11) is 4.01. The fraction of sp³-hybridized carbons (Fsp3) is 0.600. The summed E-state index contributed by atoms with van der Waals surface area (Å²) in [5, 5.41) is 0. The molecule has 2 amide bonds. The minimum Gasteiger partial charge on any atom is -0.339 e. The summed E-state index contributed by atoms with van der Waals surface area (Å²) in [4.78, 5) is 31.8. The molecule has 0 radical (unpaired) electrons. The third-order valence-corrected chi connectivity index (χ3v) is 6.14. The van der Waals surface area contributed by atoms with Gasteiger partial charge in [-0.2, -0.15) is 0 Å². The molecule has 2 fully saturated rings. The Labute approximate surface area is 149 Å². The lowest BCUT2D eigenvalue weighted by Crippen LogP contribution is -2.59. The minimum absolute atomic E-state index is 0.195. The number of likely N-dealkylation sites (N-methyl/N-ethyl adjacent to an activating group) is 1. The van der Waals surface area contributed by atoms with Gasteiger partial charge in [-0.15, -0.1) is 0 Å². The number of hydrogen-bond acceptors (Lipinski definition) is 3. The monoisotopic (exact) mass is 341 g/mol. The van der Waals surface area contributed by atoms with Gasteiger partial charge in [0.15, 0.2) is 0 Å². The zero-order valence-electron chi connectivity index (χ0n) is 15.2. The highest BCUT2D eigenvalue weighted by atomic mass is 16.2. The van der Waals surface area contributed by atoms with Crippen LogP contribution in [-0.2, 0) is 21.5 Å². The summed E-state index contributed by atoms with van der Waals surface area (Å²) >= 11 is 0. The highest BCUT2D eigenvalue weighted by Crippen LogP contribution is 2.42. The predicted octanol–water partition coefficient (Wildman–Crippen LogP) is 1.47. The van der Waals surface area contributed by atoms with Crippen LogP contribution in [0.15, 0.2) is 24.3 Å². The number of fused-ring (bicyclic) bond motifs is 1. The topological polar surface area (TPSA) is 43.9 Å². The van der Waals surface area contributed by atoms with Crippen molar-refractivity contribution in [1.82, 2.24) is 14.7 Å². The van der Waals surface area contributed by atoms with Gasteiger partial charge >= 0.3 is 0 Å². The summed E-state index contributed by atoms with van der Waals surface area (Å²) in [6, 6.07) is 8.33. The quantitative estimate of drug-likeness (QED) is 0.836. The molecule has 0 N–H and O–H groups in total. The normalized spacial score (nSPS) is 26.0. The molecule has 25 heavy (non-hydrogen) atoms. The van der Waals surface area contributed by atoms with Gasteiger partial charge in [-0.1, -0.05) is 24.3 Å². The maximum Gasteiger partial charge on any atom is 0.247 e. The SMILES string of the molecule is CN(C)C1(C(=O)N2CCN(C(=O)C3CC3)CC2)CCc2ccccc21. The molecule has 3 aliphatic rings. The Morgan fingerprint density at radius 3 is 2.32 bits per heavy atom. The van der Waals surface area contributed by atoms with E-state index in [0.717, 1.165) is 31.2 Å². The Kier molecular flexibility index (Phi) is 4.07. The number of rotatable bonds is 3. The summed E-state index contributed by atoms with van der Waals surface area (Å²) in [5.41, 5.74) is 1.88. The number of aryl methyl sites for hydroxylation is 1. The van der Waals surface area contributed by atoms with E-state index >= 15 is 0 Å². The van der Waals surface area contributed by atoms with Crippen LogP contribution in [0.3, 0.4) is 0 Å². The molecular formula is C20H27N3O2. The Morgan fingerprint density at radius 2 is 1.68 bits per heavy atom. The van der Waals surface area contributed by atoms with Gasteiger partial charge in [-0.3, -0.25) is 14.5 Å². The fourth-order valence-electron chi connectivity index (χ4n) is 4.45. The second kappa shape index (κ2) is 6.13. The molecule has 1 aliphatic heterocycles. The van der Waals surface area contributed by atoms with E-state index in [2.05, 4.69) is 23.1 Å². The van der Waals surface area contributed by atoms with E-state index in [4.69, 9.17) is 0 Å². The van der Waals surface area contributed by atoms with E-state index in [1.807, 2.05) is 30.0 Å². The molecule has 134 valence electrons. The van der Waals surface area contributed by atoms with E-state index in [-0.39, 0.29) is 11.8 Å². The molecule has 5 heteroatoms. The molecule has 1 atom stereocenters. The van der Waals surface area contributed by atoms with Gasteiger partial charge in [0, 0.05) is 32.1 Å². The molecule has 1 saturated carbocycles. The Morgan fingerprint density at radius 1 is 1.04 bits per heavy atom. The average Bonchev–Trinajstić information content (AvgIpc) is 3.41. The largest absolute Gasteiger partial charge is 0.339 e. The third kappa shape index (κ3) is 2.65. The molecule has 5 nitrogen and oxygen atoms in total. The smallest absolute Gasteiger partial charge is 0.247 e. The van der Waals surface area contributed by atoms with E-state index < -0.39 is 5.54 Å². The van der Waals surface area contributed by atoms with Crippen molar-refractivity contribution in [3.63, 3.8) is 0 Å². The molecule has 0 spiro atoms. The van der Waals surface area contributed by atoms with Crippen molar-refractivity contribution in [1.29, 1.82) is 0 Å². The number of hydrogen-bond donors (Lipinski definition) is 0. The lowest BCUT2D eigenvalue weighted by molar-refractivity contribution is -0.148. The van der Waals surface area contributed by atoms with E-state index in [0.29, 0.717) is 32.1 Å². The molecular weight excluding hydrogens is 314 g/mol. The summed E-state index contributed by atoms with van der Waals surface area (Å²) < 4.78 is 0. The molecule has 1 heterocycles. The minimum atomic E-state index is -0.556. The third-order valence-electron chi connectivity index (χ3n) is 6.14. The maximum absolute atomic E-state index is 13.5. The number of benzene rings is 1. The molecule has 0 aromatic heterocycles. The Balaban J connectivity index is 1.52. The van der Waals surface area contributed by atoms with Crippen molar-refractivity contribution in [3.8, 4) is 0 Å². The van der Waals surface area contributed by atoms with Crippen LogP contribution in [0.25, 0.3) is 0 Å². The summed E-state index contributed by atoms with van der Waals surface area (Å²) in [6.07, 6.45) is 3.86. The van der Waals surface area contributed by atoms with Gasteiger partial charge in [0.05, 0.1) is 0 Å². The van der Waals surface area contributed by atoms with Crippen LogP contribution in [0.5, 0.6) is 0 Å². The van der Waals surface area contributed by atoms with Crippen molar-refractivity contribution >= 4 is 11.8 Å². The van der Waals surface area contributed by atoms with Crippen LogP contribution >= 0.6 is 0 Å². The lowest BCUT2D eigenvalue weighted by Gasteiger charge is -2.43. The maximum atomic E-state index is 13.5. The van der Waals surface area contributed by atoms with Crippen LogP contribution in [0, 0.1) is 5.92 Å². The molecule has 1 aromatic rings. The summed E-state index contributed by atoms with van der Waals surface area (Å²) in [6.45, 7) is 2.64. The van der Waals surface area contributed by atoms with Crippen molar-refractivity contribution in [2.75, 3.05) is 40.3 Å². The molecule has 4 rings (SSSR count). The molecule has 1 saturated heterocycles. The van der Waals surface area contributed by atoms with Gasteiger partial charge in [0.2, 0.25) is 11.8 Å². The first-order valence-corrected chi connectivity index (χ1v) is 9.38.